The number of aryl methyl sites for hydroxylation is 1. The Balaban J connectivity index is 1.93. The molecular weight excluding hydrogens is 240 g/mol. The van der Waals surface area contributed by atoms with Crippen molar-refractivity contribution in [3.05, 3.63) is 17.0 Å². The Morgan fingerprint density at radius 1 is 1.26 bits per heavy atom. The van der Waals surface area contributed by atoms with Crippen LogP contribution in [-0.2, 0) is 24.1 Å². The van der Waals surface area contributed by atoms with Crippen LogP contribution in [0.5, 0.6) is 0 Å². The predicted molar refractivity (Wildman–Crippen MR) is 74.5 cm³/mol. The molecule has 0 bridgehead atoms. The van der Waals surface area contributed by atoms with Crippen LogP contribution in [0.2, 0.25) is 0 Å². The van der Waals surface area contributed by atoms with Crippen LogP contribution >= 0.6 is 0 Å². The first-order valence-corrected chi connectivity index (χ1v) is 7.30. The monoisotopic (exact) mass is 262 g/mol. The molecule has 0 aromatic carbocycles. The number of hydrogen-bond donors (Lipinski definition) is 1. The molecule has 0 saturated carbocycles. The van der Waals surface area contributed by atoms with Crippen LogP contribution in [0, 0.1) is 0 Å². The fraction of sp³-hybridized carbons (Fsp3) is 0.714. The van der Waals surface area contributed by atoms with Crippen molar-refractivity contribution in [2.24, 2.45) is 0 Å². The second-order valence-corrected chi connectivity index (χ2v) is 5.17. The van der Waals surface area contributed by atoms with Crippen LogP contribution in [0.3, 0.4) is 0 Å². The van der Waals surface area contributed by atoms with E-state index in [0.29, 0.717) is 0 Å². The Bertz CT molecular complexity index is 443. The summed E-state index contributed by atoms with van der Waals surface area (Å²) < 4.78 is 5.40. The van der Waals surface area contributed by atoms with Gasteiger partial charge in [0.2, 0.25) is 5.95 Å². The van der Waals surface area contributed by atoms with Crippen LogP contribution in [0.4, 0.5) is 5.95 Å². The van der Waals surface area contributed by atoms with Crippen LogP contribution in [0.15, 0.2) is 0 Å². The van der Waals surface area contributed by atoms with Crippen molar-refractivity contribution in [2.75, 3.05) is 37.7 Å². The molecule has 1 fully saturated rings. The van der Waals surface area contributed by atoms with E-state index in [2.05, 4.69) is 17.1 Å². The number of hydrogen-bond acceptors (Lipinski definition) is 5. The van der Waals surface area contributed by atoms with Gasteiger partial charge in [0.05, 0.1) is 18.9 Å². The molecule has 0 unspecified atom stereocenters. The largest absolute Gasteiger partial charge is 0.378 e. The Labute approximate surface area is 114 Å². The van der Waals surface area contributed by atoms with Gasteiger partial charge in [0.15, 0.2) is 0 Å². The van der Waals surface area contributed by atoms with E-state index in [0.717, 1.165) is 64.6 Å². The minimum atomic E-state index is 0.780. The first kappa shape index (κ1) is 12.8. The summed E-state index contributed by atoms with van der Waals surface area (Å²) in [6.07, 6.45) is 3.26. The number of fused-ring (bicyclic) bond motifs is 1. The van der Waals surface area contributed by atoms with Gasteiger partial charge in [0.1, 0.15) is 0 Å². The number of morpholine rings is 1. The maximum Gasteiger partial charge on any atom is 0.226 e. The molecule has 104 valence electrons. The van der Waals surface area contributed by atoms with E-state index in [1.165, 1.54) is 17.0 Å². The van der Waals surface area contributed by atoms with Crippen molar-refractivity contribution in [1.82, 2.24) is 15.3 Å². The third kappa shape index (κ3) is 2.72. The second-order valence-electron chi connectivity index (χ2n) is 5.17. The number of ether oxygens (including phenoxy) is 1. The Kier molecular flexibility index (Phi) is 3.94. The molecule has 3 rings (SSSR count). The van der Waals surface area contributed by atoms with Crippen molar-refractivity contribution in [3.63, 3.8) is 0 Å². The summed E-state index contributed by atoms with van der Waals surface area (Å²) in [6.45, 7) is 7.50. The summed E-state index contributed by atoms with van der Waals surface area (Å²) in [6, 6.07) is 0. The first-order valence-electron chi connectivity index (χ1n) is 7.30. The van der Waals surface area contributed by atoms with Crippen LogP contribution in [0.1, 0.15) is 30.3 Å². The molecule has 5 nitrogen and oxygen atoms in total. The minimum Gasteiger partial charge on any atom is -0.378 e. The highest BCUT2D eigenvalue weighted by atomic mass is 16.5. The number of nitrogens with one attached hydrogen (secondary N) is 1. The molecule has 1 aromatic heterocycles. The lowest BCUT2D eigenvalue weighted by molar-refractivity contribution is 0.122. The van der Waals surface area contributed by atoms with Gasteiger partial charge in [-0.15, -0.1) is 0 Å². The van der Waals surface area contributed by atoms with Gasteiger partial charge in [0.25, 0.3) is 0 Å². The van der Waals surface area contributed by atoms with Crippen molar-refractivity contribution >= 4 is 5.95 Å². The molecule has 1 N–H and O–H groups in total. The maximum atomic E-state index is 5.40. The zero-order valence-corrected chi connectivity index (χ0v) is 11.6. The lowest BCUT2D eigenvalue weighted by atomic mass is 10.0. The summed E-state index contributed by atoms with van der Waals surface area (Å²) in [5.41, 5.74) is 3.85. The van der Waals surface area contributed by atoms with Gasteiger partial charge in [-0.3, -0.25) is 0 Å². The second kappa shape index (κ2) is 5.84. The zero-order chi connectivity index (χ0) is 13.1. The molecule has 0 radical (unpaired) electrons. The van der Waals surface area contributed by atoms with Crippen LogP contribution in [-0.4, -0.2) is 42.8 Å². The third-order valence-corrected chi connectivity index (χ3v) is 3.79. The fourth-order valence-electron chi connectivity index (χ4n) is 2.77. The van der Waals surface area contributed by atoms with E-state index in [-0.39, 0.29) is 0 Å². The normalized spacial score (nSPS) is 19.3. The van der Waals surface area contributed by atoms with E-state index in [1.807, 2.05) is 0 Å². The molecule has 2 aliphatic rings. The molecular formula is C14H22N4O. The van der Waals surface area contributed by atoms with Gasteiger partial charge in [0, 0.05) is 25.3 Å². The zero-order valence-electron chi connectivity index (χ0n) is 11.6. The average Bonchev–Trinajstić information content (AvgIpc) is 2.48. The van der Waals surface area contributed by atoms with Gasteiger partial charge in [-0.1, -0.05) is 13.3 Å². The lowest BCUT2D eigenvalue weighted by Gasteiger charge is -2.29. The average molecular weight is 262 g/mol. The van der Waals surface area contributed by atoms with Crippen molar-refractivity contribution in [2.45, 2.75) is 32.7 Å². The van der Waals surface area contributed by atoms with Gasteiger partial charge in [-0.05, 0) is 24.9 Å². The van der Waals surface area contributed by atoms with Crippen molar-refractivity contribution in [1.29, 1.82) is 0 Å². The summed E-state index contributed by atoms with van der Waals surface area (Å²) in [4.78, 5) is 11.9. The molecule has 0 aliphatic carbocycles. The van der Waals surface area contributed by atoms with Gasteiger partial charge in [-0.25, -0.2) is 9.97 Å². The van der Waals surface area contributed by atoms with Gasteiger partial charge < -0.3 is 15.0 Å². The standard InChI is InChI=1S/C14H22N4O/c1-2-3-12-11-4-5-15-10-13(11)17-14(16-12)18-6-8-19-9-7-18/h15H,2-10H2,1H3. The minimum absolute atomic E-state index is 0.780. The molecule has 19 heavy (non-hydrogen) atoms. The molecule has 1 aromatic rings. The summed E-state index contributed by atoms with van der Waals surface area (Å²) in [7, 11) is 0. The van der Waals surface area contributed by atoms with Crippen LogP contribution in [0.25, 0.3) is 0 Å². The topological polar surface area (TPSA) is 50.3 Å². The maximum absolute atomic E-state index is 5.40. The highest BCUT2D eigenvalue weighted by Gasteiger charge is 2.20. The highest BCUT2D eigenvalue weighted by molar-refractivity contribution is 5.39. The molecule has 5 heteroatoms. The molecule has 0 atom stereocenters. The smallest absolute Gasteiger partial charge is 0.226 e. The van der Waals surface area contributed by atoms with E-state index in [9.17, 15) is 0 Å². The Hall–Kier alpha value is -1.20. The predicted octanol–water partition coefficient (Wildman–Crippen LogP) is 0.911. The fourth-order valence-corrected chi connectivity index (χ4v) is 2.77. The Morgan fingerprint density at radius 3 is 2.89 bits per heavy atom. The quantitative estimate of drug-likeness (QED) is 0.877. The number of rotatable bonds is 3. The van der Waals surface area contributed by atoms with E-state index < -0.39 is 0 Å². The Morgan fingerprint density at radius 2 is 2.11 bits per heavy atom. The van der Waals surface area contributed by atoms with Crippen molar-refractivity contribution in [3.8, 4) is 0 Å². The first-order chi connectivity index (χ1) is 9.38. The van der Waals surface area contributed by atoms with Gasteiger partial charge in [-0.2, -0.15) is 0 Å². The third-order valence-electron chi connectivity index (χ3n) is 3.79. The number of nitrogens with zero attached hydrogens (tertiary/aromatic N) is 3. The molecule has 2 aliphatic heterocycles. The van der Waals surface area contributed by atoms with Crippen molar-refractivity contribution < 1.29 is 4.74 Å². The molecule has 3 heterocycles. The summed E-state index contributed by atoms with van der Waals surface area (Å²) in [5, 5.41) is 3.41. The van der Waals surface area contributed by atoms with E-state index >= 15 is 0 Å². The SMILES string of the molecule is CCCc1nc(N2CCOCC2)nc2c1CCNC2. The summed E-state index contributed by atoms with van der Waals surface area (Å²) in [5.74, 6) is 0.897. The highest BCUT2D eigenvalue weighted by Crippen LogP contribution is 2.21. The molecule has 0 amide bonds. The molecule has 1 saturated heterocycles. The molecule has 0 spiro atoms. The number of aromatic nitrogens is 2. The van der Waals surface area contributed by atoms with E-state index in [1.54, 1.807) is 0 Å². The summed E-state index contributed by atoms with van der Waals surface area (Å²) >= 11 is 0. The lowest BCUT2D eigenvalue weighted by Crippen LogP contribution is -2.38. The van der Waals surface area contributed by atoms with Gasteiger partial charge >= 0.3 is 0 Å². The number of anilines is 1. The van der Waals surface area contributed by atoms with E-state index in [4.69, 9.17) is 14.7 Å². The van der Waals surface area contributed by atoms with Crippen LogP contribution < -0.4 is 10.2 Å².